The minimum atomic E-state index is -0.272. The van der Waals surface area contributed by atoms with Crippen molar-refractivity contribution in [3.8, 4) is 0 Å². The minimum Gasteiger partial charge on any atom is -0.454 e. The van der Waals surface area contributed by atoms with Crippen molar-refractivity contribution in [2.45, 2.75) is 52.0 Å². The molecular weight excluding hydrogens is 318 g/mol. The summed E-state index contributed by atoms with van der Waals surface area (Å²) in [6.45, 7) is 3.83. The zero-order chi connectivity index (χ0) is 18.1. The molecule has 2 N–H and O–H groups in total. The van der Waals surface area contributed by atoms with E-state index in [1.807, 2.05) is 4.90 Å². The van der Waals surface area contributed by atoms with E-state index < -0.39 is 0 Å². The highest BCUT2D eigenvalue weighted by molar-refractivity contribution is 5.91. The van der Waals surface area contributed by atoms with E-state index in [9.17, 15) is 9.59 Å². The largest absolute Gasteiger partial charge is 0.454 e. The van der Waals surface area contributed by atoms with Crippen LogP contribution < -0.4 is 10.6 Å². The van der Waals surface area contributed by atoms with Gasteiger partial charge in [0, 0.05) is 20.1 Å². The first-order chi connectivity index (χ1) is 12.1. The van der Waals surface area contributed by atoms with E-state index in [0.717, 1.165) is 32.4 Å². The Bertz CT molecular complexity index is 607. The van der Waals surface area contributed by atoms with Gasteiger partial charge in [0.1, 0.15) is 5.76 Å². The lowest BCUT2D eigenvalue weighted by molar-refractivity contribution is 0.0934. The van der Waals surface area contributed by atoms with E-state index in [0.29, 0.717) is 5.76 Å². The molecule has 1 aliphatic rings. The van der Waals surface area contributed by atoms with Crippen molar-refractivity contribution in [2.24, 2.45) is 0 Å². The molecule has 2 rings (SSSR count). The molecule has 0 aromatic carbocycles. The first-order valence-electron chi connectivity index (χ1n) is 9.15. The van der Waals surface area contributed by atoms with Crippen LogP contribution in [-0.2, 0) is 6.54 Å². The highest BCUT2D eigenvalue weighted by Gasteiger charge is 2.15. The van der Waals surface area contributed by atoms with Crippen LogP contribution in [0.5, 0.6) is 0 Å². The third-order valence-corrected chi connectivity index (χ3v) is 4.39. The number of allylic oxidation sites excluding steroid dienone is 1. The molecule has 6 nitrogen and oxygen atoms in total. The first kappa shape index (κ1) is 19.1. The summed E-state index contributed by atoms with van der Waals surface area (Å²) in [6.07, 6.45) is 9.08. The van der Waals surface area contributed by atoms with Crippen LogP contribution in [0.3, 0.4) is 0 Å². The summed E-state index contributed by atoms with van der Waals surface area (Å²) in [5.41, 5.74) is 1.47. The molecular formula is C19H29N3O3. The monoisotopic (exact) mass is 347 g/mol. The van der Waals surface area contributed by atoms with E-state index in [2.05, 4.69) is 23.6 Å². The van der Waals surface area contributed by atoms with Crippen molar-refractivity contribution in [1.29, 1.82) is 0 Å². The van der Waals surface area contributed by atoms with E-state index in [4.69, 9.17) is 4.42 Å². The number of carbonyl (C=O) groups is 2. The van der Waals surface area contributed by atoms with E-state index in [1.54, 1.807) is 19.2 Å². The van der Waals surface area contributed by atoms with Gasteiger partial charge < -0.3 is 20.0 Å². The summed E-state index contributed by atoms with van der Waals surface area (Å²) >= 11 is 0. The molecule has 0 bridgehead atoms. The number of furan rings is 1. The zero-order valence-corrected chi connectivity index (χ0v) is 15.3. The summed E-state index contributed by atoms with van der Waals surface area (Å²) in [5.74, 6) is 0.547. The maximum absolute atomic E-state index is 12.5. The van der Waals surface area contributed by atoms with Crippen LogP contribution in [0, 0.1) is 0 Å². The fraction of sp³-hybridized carbons (Fsp3) is 0.579. The second-order valence-electron chi connectivity index (χ2n) is 6.35. The van der Waals surface area contributed by atoms with Gasteiger partial charge in [0.2, 0.25) is 0 Å². The molecule has 1 aromatic rings. The smallest absolute Gasteiger partial charge is 0.317 e. The molecule has 0 saturated carbocycles. The fourth-order valence-corrected chi connectivity index (χ4v) is 2.99. The number of hydrogen-bond acceptors (Lipinski definition) is 3. The molecule has 1 aromatic heterocycles. The van der Waals surface area contributed by atoms with Crippen LogP contribution in [0.1, 0.15) is 61.8 Å². The Morgan fingerprint density at radius 3 is 2.76 bits per heavy atom. The molecule has 0 aliphatic heterocycles. The summed E-state index contributed by atoms with van der Waals surface area (Å²) in [4.78, 5) is 25.8. The summed E-state index contributed by atoms with van der Waals surface area (Å²) in [7, 11) is 1.55. The molecule has 0 atom stereocenters. The van der Waals surface area contributed by atoms with Crippen molar-refractivity contribution in [1.82, 2.24) is 15.5 Å². The van der Waals surface area contributed by atoms with Gasteiger partial charge in [-0.3, -0.25) is 4.79 Å². The molecule has 25 heavy (non-hydrogen) atoms. The van der Waals surface area contributed by atoms with Crippen LogP contribution in [0.4, 0.5) is 4.79 Å². The lowest BCUT2D eigenvalue weighted by Gasteiger charge is -2.23. The topological polar surface area (TPSA) is 74.6 Å². The van der Waals surface area contributed by atoms with Gasteiger partial charge in [-0.2, -0.15) is 0 Å². The Kier molecular flexibility index (Phi) is 7.57. The lowest BCUT2D eigenvalue weighted by Crippen LogP contribution is -2.40. The Labute approximate surface area is 149 Å². The van der Waals surface area contributed by atoms with Crippen LogP contribution in [0.25, 0.3) is 0 Å². The summed E-state index contributed by atoms with van der Waals surface area (Å²) in [6, 6.07) is 3.23. The Morgan fingerprint density at radius 2 is 2.08 bits per heavy atom. The highest BCUT2D eigenvalue weighted by Crippen LogP contribution is 2.20. The van der Waals surface area contributed by atoms with E-state index >= 15 is 0 Å². The molecule has 0 radical (unpaired) electrons. The third-order valence-electron chi connectivity index (χ3n) is 4.39. The van der Waals surface area contributed by atoms with Crippen molar-refractivity contribution in [3.63, 3.8) is 0 Å². The van der Waals surface area contributed by atoms with Gasteiger partial charge >= 0.3 is 6.03 Å². The van der Waals surface area contributed by atoms with Crippen molar-refractivity contribution < 1.29 is 14.0 Å². The summed E-state index contributed by atoms with van der Waals surface area (Å²) in [5, 5.41) is 5.39. The van der Waals surface area contributed by atoms with E-state index in [-0.39, 0.29) is 24.2 Å². The maximum atomic E-state index is 12.5. The van der Waals surface area contributed by atoms with Gasteiger partial charge in [-0.15, -0.1) is 0 Å². The number of amides is 3. The Balaban J connectivity index is 1.83. The van der Waals surface area contributed by atoms with Gasteiger partial charge in [0.15, 0.2) is 5.76 Å². The molecule has 0 fully saturated rings. The van der Waals surface area contributed by atoms with Crippen molar-refractivity contribution in [2.75, 3.05) is 20.1 Å². The molecule has 6 heteroatoms. The fourth-order valence-electron chi connectivity index (χ4n) is 2.99. The standard InChI is InChI=1S/C19H29N3O3/c1-3-12-22(13-11-15-7-5-4-6-8-15)19(24)21-14-16-9-10-17(25-16)18(23)20-2/h7,9-10H,3-6,8,11-14H2,1-2H3,(H,20,23)(H,21,24). The lowest BCUT2D eigenvalue weighted by atomic mass is 9.97. The maximum Gasteiger partial charge on any atom is 0.317 e. The van der Waals surface area contributed by atoms with Crippen molar-refractivity contribution in [3.05, 3.63) is 35.3 Å². The SMILES string of the molecule is CCCN(CCC1=CCCCC1)C(=O)NCc1ccc(C(=O)NC)o1. The number of carbonyl (C=O) groups excluding carboxylic acids is 2. The number of hydrogen-bond donors (Lipinski definition) is 2. The second-order valence-corrected chi connectivity index (χ2v) is 6.35. The van der Waals surface area contributed by atoms with Gasteiger partial charge in [-0.1, -0.05) is 18.6 Å². The Morgan fingerprint density at radius 1 is 1.24 bits per heavy atom. The van der Waals surface area contributed by atoms with Gasteiger partial charge in [0.05, 0.1) is 6.54 Å². The molecule has 138 valence electrons. The number of urea groups is 1. The second kappa shape index (κ2) is 9.91. The number of nitrogens with one attached hydrogen (secondary N) is 2. The molecule has 0 saturated heterocycles. The predicted octanol–water partition coefficient (Wildman–Crippen LogP) is 3.45. The highest BCUT2D eigenvalue weighted by atomic mass is 16.4. The van der Waals surface area contributed by atoms with Gasteiger partial charge in [0.25, 0.3) is 5.91 Å². The molecule has 1 aliphatic carbocycles. The minimum absolute atomic E-state index is 0.0869. The zero-order valence-electron chi connectivity index (χ0n) is 15.3. The quantitative estimate of drug-likeness (QED) is 0.707. The molecule has 0 spiro atoms. The van der Waals surface area contributed by atoms with Crippen LogP contribution in [0.2, 0.25) is 0 Å². The normalized spacial score (nSPS) is 13.9. The third kappa shape index (κ3) is 5.96. The Hall–Kier alpha value is -2.24. The van der Waals surface area contributed by atoms with E-state index in [1.165, 1.54) is 24.8 Å². The predicted molar refractivity (Wildman–Crippen MR) is 97.4 cm³/mol. The first-order valence-corrected chi connectivity index (χ1v) is 9.15. The number of rotatable bonds is 8. The van der Waals surface area contributed by atoms with Gasteiger partial charge in [-0.25, -0.2) is 4.79 Å². The summed E-state index contributed by atoms with van der Waals surface area (Å²) < 4.78 is 5.43. The average molecular weight is 347 g/mol. The van der Waals surface area contributed by atoms with Crippen LogP contribution >= 0.6 is 0 Å². The number of nitrogens with zero attached hydrogens (tertiary/aromatic N) is 1. The van der Waals surface area contributed by atoms with Crippen LogP contribution in [0.15, 0.2) is 28.2 Å². The van der Waals surface area contributed by atoms with Crippen molar-refractivity contribution >= 4 is 11.9 Å². The molecule has 0 unspecified atom stereocenters. The van der Waals surface area contributed by atoms with Crippen LogP contribution in [-0.4, -0.2) is 37.0 Å². The molecule has 3 amide bonds. The van der Waals surface area contributed by atoms with Gasteiger partial charge in [-0.05, 0) is 50.7 Å². The average Bonchev–Trinajstić information content (AvgIpc) is 3.12. The molecule has 1 heterocycles.